The molecule has 0 saturated carbocycles. The number of morpholine rings is 1. The van der Waals surface area contributed by atoms with Gasteiger partial charge in [0.1, 0.15) is 0 Å². The molecule has 1 fully saturated rings. The Kier molecular flexibility index (Phi) is 3.22. The highest BCUT2D eigenvalue weighted by molar-refractivity contribution is 4.87. The molecule has 1 aromatic heterocycles. The average molecular weight is 227 g/mol. The first-order chi connectivity index (χ1) is 7.59. The number of ether oxygens (including phenoxy) is 1. The Balaban J connectivity index is 1.99. The third-order valence-corrected chi connectivity index (χ3v) is 2.53. The Morgan fingerprint density at radius 1 is 1.62 bits per heavy atom. The van der Waals surface area contributed by atoms with Crippen molar-refractivity contribution in [1.29, 1.82) is 0 Å². The second-order valence-electron chi connectivity index (χ2n) is 4.70. The maximum atomic E-state index is 9.17. The zero-order valence-electron chi connectivity index (χ0n) is 9.59. The van der Waals surface area contributed by atoms with Crippen molar-refractivity contribution in [2.24, 2.45) is 0 Å². The summed E-state index contributed by atoms with van der Waals surface area (Å²) in [5.74, 6) is 0.661. The predicted octanol–water partition coefficient (Wildman–Crippen LogP) is 0.0413. The molecule has 6 nitrogen and oxygen atoms in total. The van der Waals surface area contributed by atoms with E-state index >= 15 is 0 Å². The van der Waals surface area contributed by atoms with Gasteiger partial charge in [-0.25, -0.2) is 0 Å². The van der Waals surface area contributed by atoms with Crippen LogP contribution in [0.4, 0.5) is 0 Å². The van der Waals surface area contributed by atoms with Crippen LogP contribution in [0.15, 0.2) is 10.9 Å². The SMILES string of the molecule is CC1(C)CN(Cc2ncon2)CC(CO)O1. The fourth-order valence-electron chi connectivity index (χ4n) is 2.09. The monoisotopic (exact) mass is 227 g/mol. The second kappa shape index (κ2) is 4.48. The molecule has 2 heterocycles. The molecule has 1 aromatic rings. The van der Waals surface area contributed by atoms with Gasteiger partial charge in [-0.2, -0.15) is 4.98 Å². The third-order valence-electron chi connectivity index (χ3n) is 2.53. The van der Waals surface area contributed by atoms with Gasteiger partial charge in [-0.3, -0.25) is 4.90 Å². The molecule has 2 rings (SSSR count). The van der Waals surface area contributed by atoms with Crippen LogP contribution in [-0.2, 0) is 11.3 Å². The summed E-state index contributed by atoms with van der Waals surface area (Å²) in [7, 11) is 0. The smallest absolute Gasteiger partial charge is 0.213 e. The maximum absolute atomic E-state index is 9.17. The van der Waals surface area contributed by atoms with E-state index in [2.05, 4.69) is 15.0 Å². The van der Waals surface area contributed by atoms with Gasteiger partial charge in [-0.1, -0.05) is 5.16 Å². The molecule has 1 unspecified atom stereocenters. The number of rotatable bonds is 3. The molecular formula is C10H17N3O3. The van der Waals surface area contributed by atoms with Gasteiger partial charge in [-0.05, 0) is 13.8 Å². The van der Waals surface area contributed by atoms with Crippen LogP contribution in [0.5, 0.6) is 0 Å². The molecule has 6 heteroatoms. The molecule has 1 atom stereocenters. The highest BCUT2D eigenvalue weighted by atomic mass is 16.5. The van der Waals surface area contributed by atoms with Crippen LogP contribution in [0.1, 0.15) is 19.7 Å². The minimum absolute atomic E-state index is 0.0339. The first-order valence-electron chi connectivity index (χ1n) is 5.35. The van der Waals surface area contributed by atoms with Crippen molar-refractivity contribution in [3.8, 4) is 0 Å². The fourth-order valence-corrected chi connectivity index (χ4v) is 2.09. The van der Waals surface area contributed by atoms with E-state index in [0.29, 0.717) is 18.9 Å². The Hall–Kier alpha value is -0.980. The number of aliphatic hydroxyl groups is 1. The Morgan fingerprint density at radius 2 is 2.44 bits per heavy atom. The van der Waals surface area contributed by atoms with E-state index in [0.717, 1.165) is 6.54 Å². The molecule has 0 amide bonds. The number of hydrogen-bond acceptors (Lipinski definition) is 6. The van der Waals surface area contributed by atoms with Crippen LogP contribution in [0.25, 0.3) is 0 Å². The van der Waals surface area contributed by atoms with Crippen LogP contribution >= 0.6 is 0 Å². The van der Waals surface area contributed by atoms with Crippen LogP contribution in [0.3, 0.4) is 0 Å². The van der Waals surface area contributed by atoms with E-state index in [1.807, 2.05) is 13.8 Å². The second-order valence-corrected chi connectivity index (χ2v) is 4.70. The van der Waals surface area contributed by atoms with E-state index in [4.69, 9.17) is 14.4 Å². The standard InChI is InChI=1S/C10H17N3O3/c1-10(2)6-13(3-8(5-14)16-10)4-9-11-7-15-12-9/h7-8,14H,3-6H2,1-2H3. The van der Waals surface area contributed by atoms with Crippen LogP contribution in [0, 0.1) is 0 Å². The summed E-state index contributed by atoms with van der Waals surface area (Å²) < 4.78 is 10.4. The van der Waals surface area contributed by atoms with Crippen molar-refractivity contribution < 1.29 is 14.4 Å². The summed E-state index contributed by atoms with van der Waals surface area (Å²) in [5.41, 5.74) is -0.255. The number of hydrogen-bond donors (Lipinski definition) is 1. The first kappa shape index (κ1) is 11.5. The fraction of sp³-hybridized carbons (Fsp3) is 0.800. The Bertz CT molecular complexity index is 326. The van der Waals surface area contributed by atoms with Crippen LogP contribution < -0.4 is 0 Å². The molecule has 0 aliphatic carbocycles. The quantitative estimate of drug-likeness (QED) is 0.786. The minimum Gasteiger partial charge on any atom is -0.394 e. The van der Waals surface area contributed by atoms with E-state index in [-0.39, 0.29) is 18.3 Å². The Labute approximate surface area is 94.2 Å². The number of nitrogens with zero attached hydrogens (tertiary/aromatic N) is 3. The van der Waals surface area contributed by atoms with Crippen molar-refractivity contribution in [2.75, 3.05) is 19.7 Å². The molecule has 1 aliphatic heterocycles. The summed E-state index contributed by atoms with van der Waals surface area (Å²) in [5, 5.41) is 12.9. The van der Waals surface area contributed by atoms with Gasteiger partial charge in [0.15, 0.2) is 5.82 Å². The summed E-state index contributed by atoms with van der Waals surface area (Å²) in [6, 6.07) is 0. The van der Waals surface area contributed by atoms with Gasteiger partial charge in [0.2, 0.25) is 6.39 Å². The summed E-state index contributed by atoms with van der Waals surface area (Å²) in [6.45, 7) is 6.16. The van der Waals surface area contributed by atoms with Gasteiger partial charge in [0, 0.05) is 13.1 Å². The maximum Gasteiger partial charge on any atom is 0.213 e. The van der Waals surface area contributed by atoms with E-state index in [9.17, 15) is 0 Å². The van der Waals surface area contributed by atoms with Crippen molar-refractivity contribution in [3.63, 3.8) is 0 Å². The molecule has 16 heavy (non-hydrogen) atoms. The molecule has 1 N–H and O–H groups in total. The van der Waals surface area contributed by atoms with Crippen molar-refractivity contribution >= 4 is 0 Å². The predicted molar refractivity (Wildman–Crippen MR) is 55.6 cm³/mol. The summed E-state index contributed by atoms with van der Waals surface area (Å²) in [6.07, 6.45) is 1.18. The lowest BCUT2D eigenvalue weighted by molar-refractivity contribution is -0.151. The van der Waals surface area contributed by atoms with Crippen molar-refractivity contribution in [1.82, 2.24) is 15.0 Å². The van der Waals surface area contributed by atoms with E-state index < -0.39 is 0 Å². The topological polar surface area (TPSA) is 71.6 Å². The molecule has 0 radical (unpaired) electrons. The summed E-state index contributed by atoms with van der Waals surface area (Å²) >= 11 is 0. The van der Waals surface area contributed by atoms with E-state index in [1.54, 1.807) is 0 Å². The first-order valence-corrected chi connectivity index (χ1v) is 5.35. The molecule has 0 spiro atoms. The zero-order chi connectivity index (χ0) is 11.6. The van der Waals surface area contributed by atoms with E-state index in [1.165, 1.54) is 6.39 Å². The zero-order valence-corrected chi connectivity index (χ0v) is 9.59. The van der Waals surface area contributed by atoms with Crippen molar-refractivity contribution in [2.45, 2.75) is 32.1 Å². The lowest BCUT2D eigenvalue weighted by atomic mass is 10.1. The number of aromatic nitrogens is 2. The molecular weight excluding hydrogens is 210 g/mol. The largest absolute Gasteiger partial charge is 0.394 e. The van der Waals surface area contributed by atoms with Crippen molar-refractivity contribution in [3.05, 3.63) is 12.2 Å². The van der Waals surface area contributed by atoms with Gasteiger partial charge in [0.25, 0.3) is 0 Å². The van der Waals surface area contributed by atoms with Gasteiger partial charge in [0.05, 0.1) is 24.9 Å². The lowest BCUT2D eigenvalue weighted by Gasteiger charge is -2.41. The third kappa shape index (κ3) is 2.78. The van der Waals surface area contributed by atoms with Crippen LogP contribution in [0.2, 0.25) is 0 Å². The summed E-state index contributed by atoms with van der Waals surface area (Å²) in [4.78, 5) is 6.15. The van der Waals surface area contributed by atoms with Gasteiger partial charge < -0.3 is 14.4 Å². The molecule has 1 aliphatic rings. The molecule has 0 bridgehead atoms. The highest BCUT2D eigenvalue weighted by Crippen LogP contribution is 2.21. The molecule has 90 valence electrons. The van der Waals surface area contributed by atoms with Gasteiger partial charge >= 0.3 is 0 Å². The minimum atomic E-state index is -0.255. The average Bonchev–Trinajstić information content (AvgIpc) is 2.67. The molecule has 0 aromatic carbocycles. The normalized spacial score (nSPS) is 25.8. The lowest BCUT2D eigenvalue weighted by Crippen LogP contribution is -2.53. The highest BCUT2D eigenvalue weighted by Gasteiger charge is 2.33. The molecule has 1 saturated heterocycles. The van der Waals surface area contributed by atoms with Gasteiger partial charge in [-0.15, -0.1) is 0 Å². The Morgan fingerprint density at radius 3 is 3.06 bits per heavy atom. The van der Waals surface area contributed by atoms with Crippen LogP contribution in [-0.4, -0.2) is 51.5 Å². The number of aliphatic hydroxyl groups excluding tert-OH is 1.